The Hall–Kier alpha value is -1.61. The summed E-state index contributed by atoms with van der Waals surface area (Å²) in [7, 11) is 1.94. The van der Waals surface area contributed by atoms with Crippen molar-refractivity contribution in [2.24, 2.45) is 7.05 Å². The number of hydrogen-bond acceptors (Lipinski definition) is 2. The number of aryl methyl sites for hydroxylation is 2. The van der Waals surface area contributed by atoms with Gasteiger partial charge in [-0.3, -0.25) is 4.68 Å². The van der Waals surface area contributed by atoms with Gasteiger partial charge in [-0.1, -0.05) is 52.0 Å². The first-order valence-corrected chi connectivity index (χ1v) is 7.62. The van der Waals surface area contributed by atoms with Crippen LogP contribution >= 0.6 is 0 Å². The van der Waals surface area contributed by atoms with Crippen molar-refractivity contribution < 1.29 is 5.11 Å². The Morgan fingerprint density at radius 3 is 2.48 bits per heavy atom. The molecule has 0 radical (unpaired) electrons. The second-order valence-corrected chi connectivity index (χ2v) is 6.66. The summed E-state index contributed by atoms with van der Waals surface area (Å²) < 4.78 is 1.88. The van der Waals surface area contributed by atoms with E-state index in [4.69, 9.17) is 0 Å². The van der Waals surface area contributed by atoms with Crippen molar-refractivity contribution in [1.82, 2.24) is 9.78 Å². The molecule has 1 unspecified atom stereocenters. The molecule has 0 spiro atoms. The van der Waals surface area contributed by atoms with Crippen LogP contribution in [0.25, 0.3) is 0 Å². The number of rotatable bonds is 4. The summed E-state index contributed by atoms with van der Waals surface area (Å²) in [5.74, 6) is 0. The first kappa shape index (κ1) is 15.8. The molecule has 3 nitrogen and oxygen atoms in total. The minimum atomic E-state index is -0.500. The summed E-state index contributed by atoms with van der Waals surface area (Å²) in [4.78, 5) is 0. The van der Waals surface area contributed by atoms with Gasteiger partial charge < -0.3 is 5.11 Å². The van der Waals surface area contributed by atoms with Gasteiger partial charge in [0.25, 0.3) is 0 Å². The Bertz CT molecular complexity index is 608. The van der Waals surface area contributed by atoms with Gasteiger partial charge in [0.15, 0.2) is 0 Å². The van der Waals surface area contributed by atoms with Crippen LogP contribution in [0.2, 0.25) is 0 Å². The average molecular weight is 286 g/mol. The third-order valence-corrected chi connectivity index (χ3v) is 3.92. The Morgan fingerprint density at radius 1 is 1.24 bits per heavy atom. The van der Waals surface area contributed by atoms with E-state index in [1.54, 1.807) is 0 Å². The molecule has 2 aromatic rings. The molecule has 0 aliphatic rings. The summed E-state index contributed by atoms with van der Waals surface area (Å²) in [6.45, 7) is 8.63. The number of aliphatic hydroxyl groups excluding tert-OH is 1. The first-order valence-electron chi connectivity index (χ1n) is 7.62. The molecular formula is C18H26N2O. The van der Waals surface area contributed by atoms with E-state index >= 15 is 0 Å². The SMILES string of the molecule is CCc1cc(CC(O)c2ccccc2C(C)(C)C)n(C)n1. The standard InChI is InChI=1S/C18H26N2O/c1-6-13-11-14(20(5)19-13)12-17(21)15-9-7-8-10-16(15)18(2,3)4/h7-11,17,21H,6,12H2,1-5H3. The summed E-state index contributed by atoms with van der Waals surface area (Å²) in [5.41, 5.74) is 4.39. The van der Waals surface area contributed by atoms with E-state index in [1.165, 1.54) is 5.56 Å². The van der Waals surface area contributed by atoms with Crippen molar-refractivity contribution in [3.8, 4) is 0 Å². The molecule has 0 aliphatic heterocycles. The summed E-state index contributed by atoms with van der Waals surface area (Å²) in [6.07, 6.45) is 1.01. The summed E-state index contributed by atoms with van der Waals surface area (Å²) in [5, 5.41) is 15.1. The fourth-order valence-electron chi connectivity index (χ4n) is 2.71. The highest BCUT2D eigenvalue weighted by Gasteiger charge is 2.22. The topological polar surface area (TPSA) is 38.0 Å². The lowest BCUT2D eigenvalue weighted by molar-refractivity contribution is 0.173. The average Bonchev–Trinajstić information content (AvgIpc) is 2.78. The van der Waals surface area contributed by atoms with Crippen molar-refractivity contribution in [1.29, 1.82) is 0 Å². The minimum Gasteiger partial charge on any atom is -0.388 e. The van der Waals surface area contributed by atoms with Crippen LogP contribution < -0.4 is 0 Å². The predicted molar refractivity (Wildman–Crippen MR) is 86.4 cm³/mol. The highest BCUT2D eigenvalue weighted by atomic mass is 16.3. The van der Waals surface area contributed by atoms with Gasteiger partial charge in [0.05, 0.1) is 11.8 Å². The molecule has 2 rings (SSSR count). The van der Waals surface area contributed by atoms with Gasteiger partial charge in [0.1, 0.15) is 0 Å². The molecule has 0 fully saturated rings. The number of nitrogens with zero attached hydrogens (tertiary/aromatic N) is 2. The van der Waals surface area contributed by atoms with E-state index in [2.05, 4.69) is 44.9 Å². The maximum atomic E-state index is 10.7. The molecule has 1 N–H and O–H groups in total. The second kappa shape index (κ2) is 6.02. The zero-order chi connectivity index (χ0) is 15.6. The van der Waals surface area contributed by atoms with E-state index in [-0.39, 0.29) is 5.41 Å². The molecule has 21 heavy (non-hydrogen) atoms. The van der Waals surface area contributed by atoms with E-state index < -0.39 is 6.10 Å². The van der Waals surface area contributed by atoms with E-state index in [0.717, 1.165) is 23.4 Å². The third-order valence-electron chi connectivity index (χ3n) is 3.92. The summed E-state index contributed by atoms with van der Waals surface area (Å²) in [6, 6.07) is 10.3. The van der Waals surface area contributed by atoms with Gasteiger partial charge in [-0.05, 0) is 29.0 Å². The zero-order valence-corrected chi connectivity index (χ0v) is 13.7. The molecular weight excluding hydrogens is 260 g/mol. The smallest absolute Gasteiger partial charge is 0.0848 e. The number of hydrogen-bond donors (Lipinski definition) is 1. The fourth-order valence-corrected chi connectivity index (χ4v) is 2.71. The lowest BCUT2D eigenvalue weighted by atomic mass is 9.82. The van der Waals surface area contributed by atoms with E-state index in [0.29, 0.717) is 6.42 Å². The van der Waals surface area contributed by atoms with Gasteiger partial charge >= 0.3 is 0 Å². The molecule has 114 valence electrons. The Kier molecular flexibility index (Phi) is 4.52. The summed E-state index contributed by atoms with van der Waals surface area (Å²) >= 11 is 0. The second-order valence-electron chi connectivity index (χ2n) is 6.66. The number of aliphatic hydroxyl groups is 1. The van der Waals surface area contributed by atoms with Crippen molar-refractivity contribution in [2.45, 2.75) is 52.1 Å². The van der Waals surface area contributed by atoms with Gasteiger partial charge in [-0.25, -0.2) is 0 Å². The van der Waals surface area contributed by atoms with Gasteiger partial charge in [0, 0.05) is 19.2 Å². The predicted octanol–water partition coefficient (Wildman–Crippen LogP) is 3.56. The molecule has 0 bridgehead atoms. The van der Waals surface area contributed by atoms with Crippen LogP contribution in [0.4, 0.5) is 0 Å². The molecule has 3 heteroatoms. The van der Waals surface area contributed by atoms with Crippen LogP contribution in [0.5, 0.6) is 0 Å². The third kappa shape index (κ3) is 3.53. The quantitative estimate of drug-likeness (QED) is 0.933. The first-order chi connectivity index (χ1) is 9.82. The molecule has 1 atom stereocenters. The van der Waals surface area contributed by atoms with Gasteiger partial charge in [0.2, 0.25) is 0 Å². The highest BCUT2D eigenvalue weighted by Crippen LogP contribution is 2.31. The van der Waals surface area contributed by atoms with Gasteiger partial charge in [-0.2, -0.15) is 5.10 Å². The molecule has 1 heterocycles. The monoisotopic (exact) mass is 286 g/mol. The molecule has 1 aromatic heterocycles. The minimum absolute atomic E-state index is 0.0264. The van der Waals surface area contributed by atoms with Crippen molar-refractivity contribution in [3.05, 3.63) is 52.8 Å². The normalized spacial score (nSPS) is 13.4. The van der Waals surface area contributed by atoms with Gasteiger partial charge in [-0.15, -0.1) is 0 Å². The van der Waals surface area contributed by atoms with Crippen LogP contribution in [0.1, 0.15) is 56.3 Å². The van der Waals surface area contributed by atoms with Crippen LogP contribution in [0.15, 0.2) is 30.3 Å². The molecule has 0 saturated carbocycles. The largest absolute Gasteiger partial charge is 0.388 e. The Labute approximate surface area is 127 Å². The Morgan fingerprint density at radius 2 is 1.90 bits per heavy atom. The molecule has 1 aromatic carbocycles. The molecule has 0 aliphatic carbocycles. The van der Waals surface area contributed by atoms with Crippen molar-refractivity contribution in [2.75, 3.05) is 0 Å². The lowest BCUT2D eigenvalue weighted by Gasteiger charge is -2.25. The van der Waals surface area contributed by atoms with Crippen LogP contribution in [-0.2, 0) is 25.3 Å². The van der Waals surface area contributed by atoms with Crippen molar-refractivity contribution >= 4 is 0 Å². The molecule has 0 amide bonds. The lowest BCUT2D eigenvalue weighted by Crippen LogP contribution is -2.17. The van der Waals surface area contributed by atoms with Crippen molar-refractivity contribution in [3.63, 3.8) is 0 Å². The number of benzene rings is 1. The molecule has 0 saturated heterocycles. The maximum absolute atomic E-state index is 10.7. The zero-order valence-electron chi connectivity index (χ0n) is 13.7. The maximum Gasteiger partial charge on any atom is 0.0848 e. The van der Waals surface area contributed by atoms with Crippen LogP contribution in [0.3, 0.4) is 0 Å². The number of aromatic nitrogens is 2. The van der Waals surface area contributed by atoms with Crippen LogP contribution in [0, 0.1) is 0 Å². The van der Waals surface area contributed by atoms with E-state index in [9.17, 15) is 5.11 Å². The Balaban J connectivity index is 2.28. The van der Waals surface area contributed by atoms with E-state index in [1.807, 2.05) is 29.9 Å². The fraction of sp³-hybridized carbons (Fsp3) is 0.500. The highest BCUT2D eigenvalue weighted by molar-refractivity contribution is 5.35. The van der Waals surface area contributed by atoms with Crippen LogP contribution in [-0.4, -0.2) is 14.9 Å².